The van der Waals surface area contributed by atoms with Gasteiger partial charge < -0.3 is 10.1 Å². The number of methoxy groups -OCH3 is 1. The van der Waals surface area contributed by atoms with Crippen LogP contribution in [0.4, 0.5) is 5.69 Å². The molecule has 33 heavy (non-hydrogen) atoms. The first-order valence-electron chi connectivity index (χ1n) is 10.4. The molecule has 5 rings (SSSR count). The Bertz CT molecular complexity index is 1390. The molecule has 0 bridgehead atoms. The van der Waals surface area contributed by atoms with Crippen molar-refractivity contribution in [1.29, 1.82) is 0 Å². The van der Waals surface area contributed by atoms with Gasteiger partial charge in [0.2, 0.25) is 0 Å². The van der Waals surface area contributed by atoms with Gasteiger partial charge in [-0.2, -0.15) is 10.2 Å². The fourth-order valence-corrected chi connectivity index (χ4v) is 3.67. The zero-order valence-corrected chi connectivity index (χ0v) is 17.9. The highest BCUT2D eigenvalue weighted by atomic mass is 16.5. The maximum Gasteiger partial charge on any atom is 0.259 e. The molecular formula is C26H21N5O2. The Morgan fingerprint density at radius 1 is 0.970 bits per heavy atom. The summed E-state index contributed by atoms with van der Waals surface area (Å²) in [4.78, 5) is 13.4. The third kappa shape index (κ3) is 4.12. The van der Waals surface area contributed by atoms with Crippen molar-refractivity contribution in [3.63, 3.8) is 0 Å². The molecule has 0 spiro atoms. The van der Waals surface area contributed by atoms with Gasteiger partial charge in [-0.25, -0.2) is 4.68 Å². The molecule has 2 aromatic heterocycles. The van der Waals surface area contributed by atoms with Gasteiger partial charge in [0.25, 0.3) is 5.91 Å². The summed E-state index contributed by atoms with van der Waals surface area (Å²) < 4.78 is 7.24. The Kier molecular flexibility index (Phi) is 5.43. The van der Waals surface area contributed by atoms with Gasteiger partial charge in [0.1, 0.15) is 11.4 Å². The number of benzene rings is 3. The van der Waals surface area contributed by atoms with Crippen LogP contribution in [0.2, 0.25) is 0 Å². The third-order valence-electron chi connectivity index (χ3n) is 5.27. The van der Waals surface area contributed by atoms with E-state index in [4.69, 9.17) is 9.84 Å². The molecule has 1 amide bonds. The minimum atomic E-state index is -0.264. The van der Waals surface area contributed by atoms with E-state index in [2.05, 4.69) is 15.5 Å². The van der Waals surface area contributed by atoms with Crippen molar-refractivity contribution >= 4 is 11.6 Å². The molecule has 0 aliphatic carbocycles. The second kappa shape index (κ2) is 8.84. The molecule has 0 fully saturated rings. The van der Waals surface area contributed by atoms with Gasteiger partial charge in [0.05, 0.1) is 24.1 Å². The Hall–Kier alpha value is -4.65. The molecule has 0 atom stereocenters. The van der Waals surface area contributed by atoms with E-state index in [1.54, 1.807) is 24.2 Å². The standard InChI is InChI=1S/C26H21N5O2/c1-33-24-13-6-5-12-21(24)25-22(17-31(30-25)20-10-3-2-4-11-20)26(32)28-19-9-7-8-18(16-19)23-14-15-27-29-23/h2-17H,1H3,(H,27,29)(H,28,32). The lowest BCUT2D eigenvalue weighted by atomic mass is 10.1. The number of amides is 1. The molecule has 0 radical (unpaired) electrons. The number of nitrogens with one attached hydrogen (secondary N) is 2. The summed E-state index contributed by atoms with van der Waals surface area (Å²) in [7, 11) is 1.60. The topological polar surface area (TPSA) is 84.8 Å². The van der Waals surface area contributed by atoms with E-state index in [9.17, 15) is 4.79 Å². The van der Waals surface area contributed by atoms with E-state index in [1.165, 1.54) is 0 Å². The SMILES string of the molecule is COc1ccccc1-c1nn(-c2ccccc2)cc1C(=O)Nc1cccc(-c2ccn[nH]2)c1. The summed E-state index contributed by atoms with van der Waals surface area (Å²) in [6, 6.07) is 26.7. The number of anilines is 1. The predicted octanol–water partition coefficient (Wildman–Crippen LogP) is 5.19. The zero-order valence-electron chi connectivity index (χ0n) is 17.9. The number of hydrogen-bond acceptors (Lipinski definition) is 4. The van der Waals surface area contributed by atoms with E-state index < -0.39 is 0 Å². The van der Waals surface area contributed by atoms with Crippen molar-refractivity contribution in [2.45, 2.75) is 0 Å². The number of aromatic nitrogens is 4. The second-order valence-corrected chi connectivity index (χ2v) is 7.38. The molecule has 3 aromatic carbocycles. The average Bonchev–Trinajstić information content (AvgIpc) is 3.56. The van der Waals surface area contributed by atoms with Crippen LogP contribution in [0, 0.1) is 0 Å². The van der Waals surface area contributed by atoms with Crippen LogP contribution in [0.25, 0.3) is 28.2 Å². The largest absolute Gasteiger partial charge is 0.496 e. The summed E-state index contributed by atoms with van der Waals surface area (Å²) in [5.74, 6) is 0.381. The van der Waals surface area contributed by atoms with Crippen LogP contribution in [0.3, 0.4) is 0 Å². The van der Waals surface area contributed by atoms with E-state index in [0.717, 1.165) is 22.5 Å². The van der Waals surface area contributed by atoms with Gasteiger partial charge >= 0.3 is 0 Å². The number of rotatable bonds is 6. The van der Waals surface area contributed by atoms with Gasteiger partial charge in [-0.15, -0.1) is 0 Å². The Balaban J connectivity index is 1.55. The van der Waals surface area contributed by atoms with E-state index in [1.807, 2.05) is 84.9 Å². The number of ether oxygens (including phenoxy) is 1. The minimum absolute atomic E-state index is 0.264. The lowest BCUT2D eigenvalue weighted by Gasteiger charge is -2.09. The lowest BCUT2D eigenvalue weighted by Crippen LogP contribution is -2.12. The predicted molar refractivity (Wildman–Crippen MR) is 128 cm³/mol. The molecule has 0 unspecified atom stereocenters. The van der Waals surface area contributed by atoms with Crippen LogP contribution in [0.1, 0.15) is 10.4 Å². The molecule has 0 saturated carbocycles. The van der Waals surface area contributed by atoms with Gasteiger partial charge in [-0.3, -0.25) is 9.89 Å². The second-order valence-electron chi connectivity index (χ2n) is 7.38. The molecule has 162 valence electrons. The number of carbonyl (C=O) groups is 1. The van der Waals surface area contributed by atoms with Gasteiger partial charge in [0, 0.05) is 29.2 Å². The van der Waals surface area contributed by atoms with Crippen molar-refractivity contribution in [2.24, 2.45) is 0 Å². The quantitative estimate of drug-likeness (QED) is 0.384. The number of hydrogen-bond donors (Lipinski definition) is 2. The van der Waals surface area contributed by atoms with Crippen LogP contribution in [-0.4, -0.2) is 33.0 Å². The maximum absolute atomic E-state index is 13.4. The number of aromatic amines is 1. The minimum Gasteiger partial charge on any atom is -0.496 e. The van der Waals surface area contributed by atoms with E-state index >= 15 is 0 Å². The lowest BCUT2D eigenvalue weighted by molar-refractivity contribution is 0.102. The fraction of sp³-hybridized carbons (Fsp3) is 0.0385. The van der Waals surface area contributed by atoms with Crippen LogP contribution in [0.5, 0.6) is 5.75 Å². The first-order valence-corrected chi connectivity index (χ1v) is 10.4. The Morgan fingerprint density at radius 3 is 2.58 bits per heavy atom. The highest BCUT2D eigenvalue weighted by molar-refractivity contribution is 6.08. The smallest absolute Gasteiger partial charge is 0.259 e. The molecule has 5 aromatic rings. The maximum atomic E-state index is 13.4. The highest BCUT2D eigenvalue weighted by Crippen LogP contribution is 2.32. The summed E-state index contributed by atoms with van der Waals surface area (Å²) in [6.07, 6.45) is 3.43. The normalized spacial score (nSPS) is 10.7. The number of H-pyrrole nitrogens is 1. The Morgan fingerprint density at radius 2 is 1.79 bits per heavy atom. The molecule has 7 heteroatoms. The summed E-state index contributed by atoms with van der Waals surface area (Å²) in [5, 5.41) is 14.7. The molecule has 0 saturated heterocycles. The molecular weight excluding hydrogens is 414 g/mol. The first kappa shape index (κ1) is 20.3. The van der Waals surface area contributed by atoms with Crippen molar-refractivity contribution in [1.82, 2.24) is 20.0 Å². The summed E-state index contributed by atoms with van der Waals surface area (Å²) in [5.41, 5.74) is 5.05. The monoisotopic (exact) mass is 435 g/mol. The van der Waals surface area contributed by atoms with Crippen LogP contribution >= 0.6 is 0 Å². The highest BCUT2D eigenvalue weighted by Gasteiger charge is 2.21. The van der Waals surface area contributed by atoms with Crippen LogP contribution in [0.15, 0.2) is 97.3 Å². The van der Waals surface area contributed by atoms with Crippen molar-refractivity contribution < 1.29 is 9.53 Å². The molecule has 0 aliphatic heterocycles. The summed E-state index contributed by atoms with van der Waals surface area (Å²) >= 11 is 0. The van der Waals surface area contributed by atoms with E-state index in [0.29, 0.717) is 22.7 Å². The van der Waals surface area contributed by atoms with Crippen LogP contribution < -0.4 is 10.1 Å². The Labute approximate surface area is 190 Å². The number of para-hydroxylation sites is 2. The van der Waals surface area contributed by atoms with Crippen molar-refractivity contribution in [3.8, 4) is 34.0 Å². The van der Waals surface area contributed by atoms with Gasteiger partial charge in [-0.05, 0) is 42.5 Å². The average molecular weight is 435 g/mol. The van der Waals surface area contributed by atoms with Crippen molar-refractivity contribution in [2.75, 3.05) is 12.4 Å². The number of carbonyl (C=O) groups excluding carboxylic acids is 1. The third-order valence-corrected chi connectivity index (χ3v) is 5.27. The molecule has 2 N–H and O–H groups in total. The molecule has 0 aliphatic rings. The first-order chi connectivity index (χ1) is 16.2. The van der Waals surface area contributed by atoms with Crippen LogP contribution in [-0.2, 0) is 0 Å². The van der Waals surface area contributed by atoms with Crippen molar-refractivity contribution in [3.05, 3.63) is 103 Å². The van der Waals surface area contributed by atoms with Gasteiger partial charge in [0.15, 0.2) is 0 Å². The number of nitrogens with zero attached hydrogens (tertiary/aromatic N) is 3. The van der Waals surface area contributed by atoms with Gasteiger partial charge in [-0.1, -0.05) is 42.5 Å². The molecule has 2 heterocycles. The zero-order chi connectivity index (χ0) is 22.6. The summed E-state index contributed by atoms with van der Waals surface area (Å²) in [6.45, 7) is 0. The molecule has 7 nitrogen and oxygen atoms in total. The van der Waals surface area contributed by atoms with E-state index in [-0.39, 0.29) is 5.91 Å². The fourth-order valence-electron chi connectivity index (χ4n) is 3.67.